The predicted molar refractivity (Wildman–Crippen MR) is 142 cm³/mol. The van der Waals surface area contributed by atoms with Gasteiger partial charge in [-0.15, -0.1) is 0 Å². The topological polar surface area (TPSA) is 95.5 Å². The van der Waals surface area contributed by atoms with Gasteiger partial charge in [-0.1, -0.05) is 32.9 Å². The lowest BCUT2D eigenvalue weighted by Crippen LogP contribution is -2.35. The lowest BCUT2D eigenvalue weighted by molar-refractivity contribution is -0.139. The van der Waals surface area contributed by atoms with E-state index < -0.39 is 35.0 Å². The third-order valence-corrected chi connectivity index (χ3v) is 6.67. The summed E-state index contributed by atoms with van der Waals surface area (Å²) in [5, 5.41) is 5.39. The largest absolute Gasteiger partial charge is 0.422 e. The van der Waals surface area contributed by atoms with Crippen LogP contribution < -0.4 is 5.56 Å². The summed E-state index contributed by atoms with van der Waals surface area (Å²) in [5.74, 6) is -0.802. The molecule has 1 aliphatic carbocycles. The molecule has 2 aliphatic rings. The number of H-pyrrole nitrogens is 1. The van der Waals surface area contributed by atoms with E-state index in [0.717, 1.165) is 12.6 Å². The second-order valence-corrected chi connectivity index (χ2v) is 10.3. The lowest BCUT2D eigenvalue weighted by Gasteiger charge is -2.24. The molecule has 0 aromatic carbocycles. The molecule has 0 radical (unpaired) electrons. The van der Waals surface area contributed by atoms with Gasteiger partial charge in [0.2, 0.25) is 5.91 Å². The summed E-state index contributed by atoms with van der Waals surface area (Å²) < 4.78 is 76.4. The van der Waals surface area contributed by atoms with Gasteiger partial charge in [-0.3, -0.25) is 19.4 Å². The molecule has 228 valence electrons. The number of rotatable bonds is 8. The van der Waals surface area contributed by atoms with E-state index in [1.807, 2.05) is 36.8 Å². The normalized spacial score (nSPS) is 20.4. The second kappa shape index (κ2) is 14.6. The first-order valence-corrected chi connectivity index (χ1v) is 13.6. The molecular formula is C28H36F6N4O3. The molecule has 1 aliphatic heterocycles. The van der Waals surface area contributed by atoms with Crippen LogP contribution in [0.4, 0.5) is 26.3 Å². The number of Topliss-reactive ketones (excluding diaryl/α,β-unsaturated/α-hetero) is 1. The maximum atomic E-state index is 12.8. The van der Waals surface area contributed by atoms with Gasteiger partial charge in [0.25, 0.3) is 5.56 Å². The van der Waals surface area contributed by atoms with E-state index in [1.54, 1.807) is 0 Å². The maximum Gasteiger partial charge on any atom is 0.422 e. The fourth-order valence-electron chi connectivity index (χ4n) is 4.68. The molecule has 1 atom stereocenters. The standard InChI is InChI=1S/C18H27F3N2O.C10H9F3N2O2/c1-4-11-23(17(24)14(2)3)12-7-10-16-9-6-5-8-15(13-22-16)18(19,20)21;1-4(16)5-2-3-6-7(10(11,12)13)9(17)15-14-8(5)6/h8-9,13-14H,4-7,10-12H2,1-3H3;5H,2-3H2,1H3,(H,15,17)/b15-8+,16-9-,22-13+;. The summed E-state index contributed by atoms with van der Waals surface area (Å²) in [6, 6.07) is 0. The van der Waals surface area contributed by atoms with Crippen LogP contribution in [-0.2, 0) is 22.2 Å². The first-order valence-electron chi connectivity index (χ1n) is 13.6. The molecular weight excluding hydrogens is 554 g/mol. The number of aromatic nitrogens is 2. The van der Waals surface area contributed by atoms with Gasteiger partial charge in [0.1, 0.15) is 11.3 Å². The summed E-state index contributed by atoms with van der Waals surface area (Å²) in [4.78, 5) is 40.4. The molecule has 0 saturated carbocycles. The monoisotopic (exact) mass is 590 g/mol. The van der Waals surface area contributed by atoms with Crippen molar-refractivity contribution in [1.29, 1.82) is 0 Å². The number of carbonyl (C=O) groups is 2. The predicted octanol–water partition coefficient (Wildman–Crippen LogP) is 6.31. The number of amides is 1. The van der Waals surface area contributed by atoms with Gasteiger partial charge in [-0.2, -0.15) is 31.4 Å². The molecule has 1 unspecified atom stereocenters. The van der Waals surface area contributed by atoms with Crippen molar-refractivity contribution < 1.29 is 35.9 Å². The van der Waals surface area contributed by atoms with Gasteiger partial charge in [0.15, 0.2) is 0 Å². The molecule has 1 amide bonds. The summed E-state index contributed by atoms with van der Waals surface area (Å²) in [6.45, 7) is 8.39. The molecule has 2 heterocycles. The highest BCUT2D eigenvalue weighted by Gasteiger charge is 2.42. The van der Waals surface area contributed by atoms with E-state index in [9.17, 15) is 40.7 Å². The van der Waals surface area contributed by atoms with Gasteiger partial charge >= 0.3 is 12.4 Å². The Morgan fingerprint density at radius 1 is 1.07 bits per heavy atom. The van der Waals surface area contributed by atoms with Crippen LogP contribution in [0.25, 0.3) is 0 Å². The van der Waals surface area contributed by atoms with Crippen LogP contribution >= 0.6 is 0 Å². The van der Waals surface area contributed by atoms with Crippen LogP contribution in [0.3, 0.4) is 0 Å². The van der Waals surface area contributed by atoms with E-state index in [-0.39, 0.29) is 41.7 Å². The highest BCUT2D eigenvalue weighted by atomic mass is 19.4. The van der Waals surface area contributed by atoms with E-state index in [4.69, 9.17) is 0 Å². The summed E-state index contributed by atoms with van der Waals surface area (Å²) in [6.07, 6.45) is -1.68. The molecule has 1 N–H and O–H groups in total. The van der Waals surface area contributed by atoms with Crippen molar-refractivity contribution in [3.63, 3.8) is 0 Å². The molecule has 3 rings (SSSR count). The number of ketones is 1. The number of alkyl halides is 6. The molecule has 41 heavy (non-hydrogen) atoms. The van der Waals surface area contributed by atoms with Crippen LogP contribution in [0.1, 0.15) is 89.0 Å². The lowest BCUT2D eigenvalue weighted by atomic mass is 10.0. The Morgan fingerprint density at radius 3 is 2.29 bits per heavy atom. The van der Waals surface area contributed by atoms with Gasteiger partial charge < -0.3 is 4.90 Å². The average Bonchev–Trinajstić information content (AvgIpc) is 3.27. The zero-order valence-electron chi connectivity index (χ0n) is 23.6. The van der Waals surface area contributed by atoms with Crippen molar-refractivity contribution in [3.8, 4) is 0 Å². The fraction of sp³-hybridized carbons (Fsp3) is 0.607. The van der Waals surface area contributed by atoms with Gasteiger partial charge in [0, 0.05) is 30.9 Å². The van der Waals surface area contributed by atoms with Gasteiger partial charge in [0.05, 0.1) is 17.2 Å². The smallest absolute Gasteiger partial charge is 0.342 e. The van der Waals surface area contributed by atoms with Crippen LogP contribution in [0, 0.1) is 5.92 Å². The third kappa shape index (κ3) is 9.67. The van der Waals surface area contributed by atoms with Crippen molar-refractivity contribution in [3.05, 3.63) is 50.6 Å². The van der Waals surface area contributed by atoms with E-state index >= 15 is 0 Å². The minimum absolute atomic E-state index is 0.0466. The van der Waals surface area contributed by atoms with Crippen LogP contribution in [0.2, 0.25) is 0 Å². The van der Waals surface area contributed by atoms with Crippen LogP contribution in [0.15, 0.2) is 33.2 Å². The van der Waals surface area contributed by atoms with Crippen molar-refractivity contribution in [2.24, 2.45) is 10.9 Å². The SMILES string of the molecule is CC(=O)C1CCc2c1n[nH]c(=O)c2C(F)(F)F.CCCN(CCCC1=C\CC\C=C(C(F)(F)F)/C=N/1)C(=O)C(C)C. The quantitative estimate of drug-likeness (QED) is 0.359. The molecule has 13 heteroatoms. The van der Waals surface area contributed by atoms with Gasteiger partial charge in [-0.25, -0.2) is 5.10 Å². The number of halogens is 6. The highest BCUT2D eigenvalue weighted by molar-refractivity contribution is 5.84. The van der Waals surface area contributed by atoms with Crippen molar-refractivity contribution in [1.82, 2.24) is 15.1 Å². The second-order valence-electron chi connectivity index (χ2n) is 10.3. The molecule has 1 aromatic heterocycles. The Balaban J connectivity index is 0.000000303. The minimum atomic E-state index is -4.72. The Kier molecular flexibility index (Phi) is 12.1. The molecule has 0 saturated heterocycles. The fourth-order valence-corrected chi connectivity index (χ4v) is 4.68. The number of aromatic amines is 1. The van der Waals surface area contributed by atoms with Crippen molar-refractivity contribution >= 4 is 17.9 Å². The minimum Gasteiger partial charge on any atom is -0.342 e. The molecule has 0 bridgehead atoms. The number of allylic oxidation sites excluding steroid dienone is 4. The summed E-state index contributed by atoms with van der Waals surface area (Å²) in [7, 11) is 0. The van der Waals surface area contributed by atoms with Crippen LogP contribution in [0.5, 0.6) is 0 Å². The Labute approximate surface area is 234 Å². The molecule has 1 aromatic rings. The number of hydrogen-bond acceptors (Lipinski definition) is 5. The van der Waals surface area contributed by atoms with Crippen molar-refractivity contribution in [2.45, 2.75) is 90.9 Å². The number of nitrogens with zero attached hydrogens (tertiary/aromatic N) is 3. The Bertz CT molecular complexity index is 1230. The van der Waals surface area contributed by atoms with E-state index in [0.29, 0.717) is 44.5 Å². The highest BCUT2D eigenvalue weighted by Crippen LogP contribution is 2.38. The van der Waals surface area contributed by atoms with Crippen molar-refractivity contribution in [2.75, 3.05) is 13.1 Å². The Morgan fingerprint density at radius 2 is 1.73 bits per heavy atom. The zero-order valence-corrected chi connectivity index (χ0v) is 23.6. The first-order chi connectivity index (χ1) is 19.1. The Hall–Kier alpha value is -3.25. The first kappa shape index (κ1) is 34.0. The van der Waals surface area contributed by atoms with Gasteiger partial charge in [-0.05, 0) is 57.4 Å². The number of carbonyl (C=O) groups excluding carboxylic acids is 2. The zero-order chi connectivity index (χ0) is 31.0. The summed E-state index contributed by atoms with van der Waals surface area (Å²) in [5.41, 5.74) is -2.56. The van der Waals surface area contributed by atoms with Crippen LogP contribution in [-0.4, -0.2) is 52.3 Å². The molecule has 0 fully saturated rings. The maximum absolute atomic E-state index is 12.8. The average molecular weight is 591 g/mol. The third-order valence-electron chi connectivity index (χ3n) is 6.67. The number of aliphatic imine (C=N–C) groups is 1. The number of nitrogens with one attached hydrogen (secondary N) is 1. The van der Waals surface area contributed by atoms with E-state index in [2.05, 4.69) is 10.1 Å². The molecule has 0 spiro atoms. The number of fused-ring (bicyclic) bond motifs is 1. The summed E-state index contributed by atoms with van der Waals surface area (Å²) >= 11 is 0. The molecule has 7 nitrogen and oxygen atoms in total. The van der Waals surface area contributed by atoms with E-state index in [1.165, 1.54) is 13.0 Å². The number of hydrogen-bond donors (Lipinski definition) is 1.